The van der Waals surface area contributed by atoms with E-state index < -0.39 is 14.8 Å². The molecule has 1 aromatic carbocycles. The van der Waals surface area contributed by atoms with Gasteiger partial charge in [-0.15, -0.1) is 0 Å². The molecule has 104 valence electrons. The monoisotopic (exact) mass is 284 g/mol. The van der Waals surface area contributed by atoms with Gasteiger partial charge in [0.05, 0.1) is 9.82 Å². The van der Waals surface area contributed by atoms with Crippen LogP contribution < -0.4 is 5.32 Å². The van der Waals surface area contributed by atoms with E-state index in [9.17, 15) is 18.5 Å². The molecule has 0 heterocycles. The SMILES string of the molecule is CS(=O)(=O)c1ccc(NCC2CCC2)c([N+](=O)[O-])c1. The zero-order valence-electron chi connectivity index (χ0n) is 10.6. The second-order valence-electron chi connectivity index (χ2n) is 4.89. The first kappa shape index (κ1) is 13.8. The van der Waals surface area contributed by atoms with Crippen molar-refractivity contribution in [2.45, 2.75) is 24.2 Å². The lowest BCUT2D eigenvalue weighted by Crippen LogP contribution is -2.21. The molecule has 1 N–H and O–H groups in total. The number of hydrogen-bond acceptors (Lipinski definition) is 5. The number of sulfone groups is 1. The molecule has 0 spiro atoms. The summed E-state index contributed by atoms with van der Waals surface area (Å²) in [6, 6.07) is 3.97. The summed E-state index contributed by atoms with van der Waals surface area (Å²) in [7, 11) is -3.43. The lowest BCUT2D eigenvalue weighted by Gasteiger charge is -2.25. The highest BCUT2D eigenvalue weighted by molar-refractivity contribution is 7.90. The fourth-order valence-electron chi connectivity index (χ4n) is 1.99. The van der Waals surface area contributed by atoms with Gasteiger partial charge in [0.1, 0.15) is 5.69 Å². The number of nitrogens with one attached hydrogen (secondary N) is 1. The molecule has 1 saturated carbocycles. The Morgan fingerprint density at radius 2 is 2.11 bits per heavy atom. The van der Waals surface area contributed by atoms with E-state index in [0.717, 1.165) is 25.2 Å². The minimum atomic E-state index is -3.43. The van der Waals surface area contributed by atoms with Crippen LogP contribution in [0.2, 0.25) is 0 Å². The third-order valence-corrected chi connectivity index (χ3v) is 4.51. The molecule has 1 aliphatic rings. The van der Waals surface area contributed by atoms with Crippen LogP contribution in [0.5, 0.6) is 0 Å². The fourth-order valence-corrected chi connectivity index (χ4v) is 2.63. The largest absolute Gasteiger partial charge is 0.379 e. The van der Waals surface area contributed by atoms with Crippen LogP contribution in [0, 0.1) is 16.0 Å². The van der Waals surface area contributed by atoms with Crippen LogP contribution in [-0.2, 0) is 9.84 Å². The predicted octanol–water partition coefficient (Wildman–Crippen LogP) is 2.21. The molecule has 0 bridgehead atoms. The van der Waals surface area contributed by atoms with Gasteiger partial charge in [0.25, 0.3) is 5.69 Å². The highest BCUT2D eigenvalue weighted by atomic mass is 32.2. The summed E-state index contributed by atoms with van der Waals surface area (Å²) in [5.74, 6) is 0.564. The van der Waals surface area contributed by atoms with Crippen LogP contribution in [-0.4, -0.2) is 26.1 Å². The van der Waals surface area contributed by atoms with Crippen LogP contribution in [0.4, 0.5) is 11.4 Å². The van der Waals surface area contributed by atoms with E-state index in [0.29, 0.717) is 18.2 Å². The summed E-state index contributed by atoms with van der Waals surface area (Å²) < 4.78 is 22.8. The summed E-state index contributed by atoms with van der Waals surface area (Å²) in [6.07, 6.45) is 4.53. The summed E-state index contributed by atoms with van der Waals surface area (Å²) in [5, 5.41) is 14.0. The van der Waals surface area contributed by atoms with Gasteiger partial charge in [0.15, 0.2) is 9.84 Å². The third-order valence-electron chi connectivity index (χ3n) is 3.40. The second-order valence-corrected chi connectivity index (χ2v) is 6.90. The van der Waals surface area contributed by atoms with E-state index in [2.05, 4.69) is 5.32 Å². The van der Waals surface area contributed by atoms with Crippen molar-refractivity contribution in [2.75, 3.05) is 18.1 Å². The average Bonchev–Trinajstić information content (AvgIpc) is 2.25. The van der Waals surface area contributed by atoms with Crippen molar-refractivity contribution in [3.8, 4) is 0 Å². The first-order valence-electron chi connectivity index (χ1n) is 6.10. The quantitative estimate of drug-likeness (QED) is 0.661. The van der Waals surface area contributed by atoms with E-state index in [1.165, 1.54) is 18.6 Å². The summed E-state index contributed by atoms with van der Waals surface area (Å²) >= 11 is 0. The molecule has 0 amide bonds. The van der Waals surface area contributed by atoms with Crippen LogP contribution in [0.25, 0.3) is 0 Å². The Morgan fingerprint density at radius 3 is 2.58 bits per heavy atom. The molecule has 0 atom stereocenters. The van der Waals surface area contributed by atoms with Crippen molar-refractivity contribution in [1.29, 1.82) is 0 Å². The molecule has 6 nitrogen and oxygen atoms in total. The van der Waals surface area contributed by atoms with Crippen molar-refractivity contribution >= 4 is 21.2 Å². The normalized spacial score (nSPS) is 15.8. The highest BCUT2D eigenvalue weighted by Crippen LogP contribution is 2.30. The van der Waals surface area contributed by atoms with Gasteiger partial charge >= 0.3 is 0 Å². The van der Waals surface area contributed by atoms with E-state index in [1.807, 2.05) is 0 Å². The standard InChI is InChI=1S/C12H16N2O4S/c1-19(17,18)10-5-6-11(12(7-10)14(15)16)13-8-9-3-2-4-9/h5-7,9,13H,2-4,8H2,1H3. The van der Waals surface area contributed by atoms with Gasteiger partial charge in [-0.05, 0) is 30.9 Å². The Balaban J connectivity index is 2.24. The number of rotatable bonds is 5. The highest BCUT2D eigenvalue weighted by Gasteiger charge is 2.21. The number of hydrogen-bond donors (Lipinski definition) is 1. The van der Waals surface area contributed by atoms with Gasteiger partial charge in [0.2, 0.25) is 0 Å². The molecule has 0 radical (unpaired) electrons. The molecule has 0 aromatic heterocycles. The Labute approximate surface area is 111 Å². The lowest BCUT2D eigenvalue weighted by molar-refractivity contribution is -0.384. The van der Waals surface area contributed by atoms with E-state index in [1.54, 1.807) is 0 Å². The average molecular weight is 284 g/mol. The molecule has 0 unspecified atom stereocenters. The maximum atomic E-state index is 11.4. The second kappa shape index (κ2) is 5.16. The van der Waals surface area contributed by atoms with E-state index in [4.69, 9.17) is 0 Å². The van der Waals surface area contributed by atoms with Gasteiger partial charge in [0, 0.05) is 18.9 Å². The number of anilines is 1. The molecular formula is C12H16N2O4S. The summed E-state index contributed by atoms with van der Waals surface area (Å²) in [4.78, 5) is 10.4. The molecule has 1 fully saturated rings. The zero-order chi connectivity index (χ0) is 14.0. The van der Waals surface area contributed by atoms with Crippen LogP contribution in [0.1, 0.15) is 19.3 Å². The van der Waals surface area contributed by atoms with Crippen LogP contribution >= 0.6 is 0 Å². The van der Waals surface area contributed by atoms with Gasteiger partial charge in [-0.2, -0.15) is 0 Å². The van der Waals surface area contributed by atoms with Gasteiger partial charge in [-0.25, -0.2) is 8.42 Å². The smallest absolute Gasteiger partial charge is 0.293 e. The maximum Gasteiger partial charge on any atom is 0.293 e. The Hall–Kier alpha value is -1.63. The Kier molecular flexibility index (Phi) is 3.75. The predicted molar refractivity (Wildman–Crippen MR) is 72.0 cm³/mol. The van der Waals surface area contributed by atoms with Crippen LogP contribution in [0.3, 0.4) is 0 Å². The molecule has 1 aromatic rings. The van der Waals surface area contributed by atoms with Crippen molar-refractivity contribution < 1.29 is 13.3 Å². The Morgan fingerprint density at radius 1 is 1.42 bits per heavy atom. The molecule has 0 aliphatic heterocycles. The minimum Gasteiger partial charge on any atom is -0.379 e. The van der Waals surface area contributed by atoms with Gasteiger partial charge in [-0.3, -0.25) is 10.1 Å². The fraction of sp³-hybridized carbons (Fsp3) is 0.500. The van der Waals surface area contributed by atoms with Gasteiger partial charge < -0.3 is 5.32 Å². The minimum absolute atomic E-state index is 0.0339. The number of nitro groups is 1. The topological polar surface area (TPSA) is 89.3 Å². The lowest BCUT2D eigenvalue weighted by atomic mass is 9.85. The van der Waals surface area contributed by atoms with Crippen molar-refractivity contribution in [2.24, 2.45) is 5.92 Å². The molecule has 7 heteroatoms. The molecular weight excluding hydrogens is 268 g/mol. The molecule has 1 aliphatic carbocycles. The molecule has 0 saturated heterocycles. The van der Waals surface area contributed by atoms with Crippen molar-refractivity contribution in [3.63, 3.8) is 0 Å². The van der Waals surface area contributed by atoms with E-state index >= 15 is 0 Å². The molecule has 2 rings (SSSR count). The van der Waals surface area contributed by atoms with Gasteiger partial charge in [-0.1, -0.05) is 6.42 Å². The summed E-state index contributed by atoms with van der Waals surface area (Å²) in [5.41, 5.74) is 0.187. The molecule has 19 heavy (non-hydrogen) atoms. The number of nitrogens with zero attached hydrogens (tertiary/aromatic N) is 1. The first-order chi connectivity index (χ1) is 8.88. The van der Waals surface area contributed by atoms with Crippen molar-refractivity contribution in [1.82, 2.24) is 0 Å². The summed E-state index contributed by atoms with van der Waals surface area (Å²) in [6.45, 7) is 0.694. The Bertz CT molecular complexity index is 594. The third kappa shape index (κ3) is 3.23. The van der Waals surface area contributed by atoms with Crippen molar-refractivity contribution in [3.05, 3.63) is 28.3 Å². The van der Waals surface area contributed by atoms with E-state index in [-0.39, 0.29) is 10.6 Å². The number of benzene rings is 1. The maximum absolute atomic E-state index is 11.4. The number of nitro benzene ring substituents is 1. The van der Waals surface area contributed by atoms with Crippen LogP contribution in [0.15, 0.2) is 23.1 Å². The zero-order valence-corrected chi connectivity index (χ0v) is 11.4. The first-order valence-corrected chi connectivity index (χ1v) is 7.99.